The average Bonchev–Trinajstić information content (AvgIpc) is 3.91. The topological polar surface area (TPSA) is 13.1 Å². The van der Waals surface area contributed by atoms with Crippen molar-refractivity contribution in [3.05, 3.63) is 259 Å². The van der Waals surface area contributed by atoms with Gasteiger partial charge in [0.2, 0.25) is 0 Å². The maximum absolute atomic E-state index is 2.56. The zero-order valence-electron chi connectivity index (χ0n) is 35.9. The minimum atomic E-state index is -0.598. The van der Waals surface area contributed by atoms with Crippen LogP contribution in [0.25, 0.3) is 77.2 Å². The van der Waals surface area contributed by atoms with E-state index in [4.69, 9.17) is 0 Å². The maximum Gasteiger partial charge on any atom is 0.0785 e. The van der Waals surface area contributed by atoms with Crippen LogP contribution in [0, 0.1) is 0 Å². The Hall–Kier alpha value is -8.40. The number of nitrogens with zero attached hydrogens (tertiary/aromatic N) is 3. The van der Waals surface area contributed by atoms with Crippen LogP contribution in [-0.4, -0.2) is 9.13 Å². The van der Waals surface area contributed by atoms with Gasteiger partial charge in [-0.25, -0.2) is 0 Å². The van der Waals surface area contributed by atoms with Crippen molar-refractivity contribution in [2.24, 2.45) is 0 Å². The molecule has 0 saturated carbocycles. The van der Waals surface area contributed by atoms with Gasteiger partial charge in [-0.2, -0.15) is 0 Å². The summed E-state index contributed by atoms with van der Waals surface area (Å²) in [6.07, 6.45) is 0. The van der Waals surface area contributed by atoms with E-state index in [1.165, 1.54) is 88.2 Å². The fraction of sp³-hybridized carbons (Fsp3) is 0.0323. The highest BCUT2D eigenvalue weighted by Gasteiger charge is 2.45. The third-order valence-electron chi connectivity index (χ3n) is 14.0. The van der Waals surface area contributed by atoms with Crippen LogP contribution in [0.1, 0.15) is 23.6 Å². The number of benzene rings is 10. The Labute approximate surface area is 378 Å². The van der Waals surface area contributed by atoms with Crippen LogP contribution in [0.15, 0.2) is 243 Å². The summed E-state index contributed by atoms with van der Waals surface area (Å²) >= 11 is 0. The highest BCUT2D eigenvalue weighted by atomic mass is 15.2. The average molecular weight is 830 g/mol. The fourth-order valence-electron chi connectivity index (χ4n) is 11.0. The van der Waals surface area contributed by atoms with E-state index in [1.54, 1.807) is 0 Å². The van der Waals surface area contributed by atoms with E-state index >= 15 is 0 Å². The Morgan fingerprint density at radius 3 is 1.31 bits per heavy atom. The number of anilines is 3. The van der Waals surface area contributed by atoms with Crippen molar-refractivity contribution in [2.75, 3.05) is 4.90 Å². The molecule has 0 bridgehead atoms. The number of rotatable bonds is 6. The molecule has 0 saturated heterocycles. The zero-order chi connectivity index (χ0) is 43.1. The van der Waals surface area contributed by atoms with E-state index in [2.05, 4.69) is 264 Å². The number of hydrogen-bond acceptors (Lipinski definition) is 1. The van der Waals surface area contributed by atoms with Gasteiger partial charge in [0.15, 0.2) is 0 Å². The van der Waals surface area contributed by atoms with Gasteiger partial charge in [-0.3, -0.25) is 0 Å². The Morgan fingerprint density at radius 2 is 0.754 bits per heavy atom. The van der Waals surface area contributed by atoms with E-state index in [0.29, 0.717) is 0 Å². The summed E-state index contributed by atoms with van der Waals surface area (Å²) in [4.78, 5) is 2.56. The summed E-state index contributed by atoms with van der Waals surface area (Å²) in [6, 6.07) is 89.1. The van der Waals surface area contributed by atoms with Gasteiger partial charge in [0.25, 0.3) is 0 Å². The van der Waals surface area contributed by atoms with Crippen molar-refractivity contribution >= 4 is 60.7 Å². The molecular formula is C62H43N3. The molecule has 10 aromatic carbocycles. The largest absolute Gasteiger partial charge is 0.309 e. The maximum atomic E-state index is 2.56. The Morgan fingerprint density at radius 1 is 0.323 bits per heavy atom. The molecule has 0 spiro atoms. The number of aromatic nitrogens is 2. The summed E-state index contributed by atoms with van der Waals surface area (Å²) in [7, 11) is 0. The van der Waals surface area contributed by atoms with Gasteiger partial charge < -0.3 is 14.0 Å². The van der Waals surface area contributed by atoms with Crippen LogP contribution in [-0.2, 0) is 5.41 Å². The van der Waals surface area contributed by atoms with Gasteiger partial charge >= 0.3 is 0 Å². The third kappa shape index (κ3) is 5.55. The first-order valence-corrected chi connectivity index (χ1v) is 22.5. The molecule has 306 valence electrons. The normalized spacial score (nSPS) is 14.6. The molecule has 3 nitrogen and oxygen atoms in total. The SMILES string of the molecule is CC1(c2ccccc2)c2ccc3c4ccccc4n(-c4ccc(-c5ccccc5)cc4)c3c2N(c2ccccc2)c2ccc3c4ccccc4n(-c4ccc(-c5ccccc5)cc4)c3c21. The molecule has 1 aliphatic rings. The Kier molecular flexibility index (Phi) is 8.34. The highest BCUT2D eigenvalue weighted by molar-refractivity contribution is 6.18. The lowest BCUT2D eigenvalue weighted by molar-refractivity contribution is 0.686. The molecule has 12 aromatic rings. The van der Waals surface area contributed by atoms with E-state index in [9.17, 15) is 0 Å². The molecule has 3 heterocycles. The van der Waals surface area contributed by atoms with Crippen molar-refractivity contribution in [3.8, 4) is 33.6 Å². The highest BCUT2D eigenvalue weighted by Crippen LogP contribution is 2.60. The lowest BCUT2D eigenvalue weighted by Crippen LogP contribution is -2.35. The van der Waals surface area contributed by atoms with Crippen molar-refractivity contribution in [1.82, 2.24) is 9.13 Å². The molecule has 0 aliphatic carbocycles. The predicted octanol–water partition coefficient (Wildman–Crippen LogP) is 16.4. The van der Waals surface area contributed by atoms with Gasteiger partial charge in [0, 0.05) is 49.6 Å². The van der Waals surface area contributed by atoms with Crippen molar-refractivity contribution < 1.29 is 0 Å². The summed E-state index contributed by atoms with van der Waals surface area (Å²) in [5.74, 6) is 0. The standard InChI is InChI=1S/C62H43N3/c1-62(46-22-10-4-11-23-46)54-40-38-53-51-27-15-17-29-56(51)64(49-36-32-45(33-37-49)43-20-8-3-9-21-43)60(53)61(54)65(47-24-12-5-13-25-47)57-41-39-52-50-26-14-16-28-55(50)63(59(52)58(57)62)48-34-30-44(31-35-48)42-18-6-2-7-19-42/h2-41H,1H3. The number of hydrogen-bond donors (Lipinski definition) is 0. The van der Waals surface area contributed by atoms with Gasteiger partial charge in [-0.05, 0) is 94.9 Å². The molecule has 1 unspecified atom stereocenters. The first-order chi connectivity index (χ1) is 32.2. The van der Waals surface area contributed by atoms with E-state index in [-0.39, 0.29) is 0 Å². The summed E-state index contributed by atoms with van der Waals surface area (Å²) in [6.45, 7) is 2.47. The molecule has 2 aromatic heterocycles. The van der Waals surface area contributed by atoms with Crippen LogP contribution in [0.2, 0.25) is 0 Å². The molecule has 13 rings (SSSR count). The second-order valence-electron chi connectivity index (χ2n) is 17.4. The van der Waals surface area contributed by atoms with Gasteiger partial charge in [-0.1, -0.05) is 188 Å². The lowest BCUT2D eigenvalue weighted by Gasteiger charge is -2.45. The molecule has 0 radical (unpaired) electrons. The third-order valence-corrected chi connectivity index (χ3v) is 14.0. The molecular weight excluding hydrogens is 787 g/mol. The second-order valence-corrected chi connectivity index (χ2v) is 17.4. The molecule has 0 fully saturated rings. The van der Waals surface area contributed by atoms with Crippen molar-refractivity contribution in [3.63, 3.8) is 0 Å². The van der Waals surface area contributed by atoms with Crippen molar-refractivity contribution in [1.29, 1.82) is 0 Å². The summed E-state index contributed by atoms with van der Waals surface area (Å²) < 4.78 is 5.03. The summed E-state index contributed by atoms with van der Waals surface area (Å²) in [5, 5.41) is 4.92. The van der Waals surface area contributed by atoms with E-state index in [1.807, 2.05) is 0 Å². The van der Waals surface area contributed by atoms with E-state index < -0.39 is 5.41 Å². The minimum absolute atomic E-state index is 0.598. The van der Waals surface area contributed by atoms with Gasteiger partial charge in [0.1, 0.15) is 0 Å². The first kappa shape index (κ1) is 37.2. The van der Waals surface area contributed by atoms with Crippen LogP contribution in [0.4, 0.5) is 17.1 Å². The number of para-hydroxylation sites is 3. The lowest BCUT2D eigenvalue weighted by atomic mass is 9.66. The molecule has 1 atom stereocenters. The van der Waals surface area contributed by atoms with Gasteiger partial charge in [0.05, 0.1) is 33.4 Å². The fourth-order valence-corrected chi connectivity index (χ4v) is 11.0. The Balaban J connectivity index is 1.16. The Bertz CT molecular complexity index is 3740. The van der Waals surface area contributed by atoms with Crippen LogP contribution < -0.4 is 4.90 Å². The quantitative estimate of drug-likeness (QED) is 0.163. The zero-order valence-corrected chi connectivity index (χ0v) is 35.9. The molecule has 0 N–H and O–H groups in total. The van der Waals surface area contributed by atoms with Crippen LogP contribution in [0.5, 0.6) is 0 Å². The van der Waals surface area contributed by atoms with E-state index in [0.717, 1.165) is 22.7 Å². The smallest absolute Gasteiger partial charge is 0.0785 e. The molecule has 1 aliphatic heterocycles. The first-order valence-electron chi connectivity index (χ1n) is 22.5. The number of fused-ring (bicyclic) bond motifs is 10. The molecule has 65 heavy (non-hydrogen) atoms. The minimum Gasteiger partial charge on any atom is -0.309 e. The monoisotopic (exact) mass is 829 g/mol. The van der Waals surface area contributed by atoms with Gasteiger partial charge in [-0.15, -0.1) is 0 Å². The second kappa shape index (κ2) is 14.6. The predicted molar refractivity (Wildman–Crippen MR) is 273 cm³/mol. The summed E-state index contributed by atoms with van der Waals surface area (Å²) in [5.41, 5.74) is 18.5. The van der Waals surface area contributed by atoms with Crippen LogP contribution >= 0.6 is 0 Å². The molecule has 0 amide bonds. The van der Waals surface area contributed by atoms with Crippen molar-refractivity contribution in [2.45, 2.75) is 12.3 Å². The molecule has 3 heteroatoms. The van der Waals surface area contributed by atoms with Crippen LogP contribution in [0.3, 0.4) is 0 Å².